The molecular weight excluding hydrogens is 310 g/mol. The number of carbonyl (C=O) groups is 1. The van der Waals surface area contributed by atoms with Gasteiger partial charge in [0.2, 0.25) is 5.89 Å². The van der Waals surface area contributed by atoms with Crippen LogP contribution in [0.4, 0.5) is 0 Å². The average Bonchev–Trinajstić information content (AvgIpc) is 3.09. The van der Waals surface area contributed by atoms with E-state index in [0.29, 0.717) is 36.3 Å². The number of ether oxygens (including phenoxy) is 2. The fraction of sp³-hybridized carbons (Fsp3) is 0.471. The Bertz CT molecular complexity index is 671. The number of nitrogens with zero attached hydrogens (tertiary/aromatic N) is 2. The Labute approximate surface area is 141 Å². The molecule has 24 heavy (non-hydrogen) atoms. The highest BCUT2D eigenvalue weighted by Crippen LogP contribution is 2.29. The van der Waals surface area contributed by atoms with Crippen LogP contribution in [-0.2, 0) is 4.74 Å². The highest BCUT2D eigenvalue weighted by molar-refractivity contribution is 5.87. The zero-order chi connectivity index (χ0) is 17.5. The maximum absolute atomic E-state index is 11.7. The summed E-state index contributed by atoms with van der Waals surface area (Å²) in [7, 11) is 0. The summed E-state index contributed by atoms with van der Waals surface area (Å²) in [5.41, 5.74) is 6.44. The first-order valence-electron chi connectivity index (χ1n) is 7.96. The molecule has 2 heterocycles. The van der Waals surface area contributed by atoms with Gasteiger partial charge in [-0.3, -0.25) is 4.98 Å². The van der Waals surface area contributed by atoms with E-state index in [2.05, 4.69) is 23.8 Å². The van der Waals surface area contributed by atoms with Gasteiger partial charge in [-0.05, 0) is 31.4 Å². The van der Waals surface area contributed by atoms with E-state index in [1.165, 1.54) is 6.26 Å². The van der Waals surface area contributed by atoms with Gasteiger partial charge in [0.1, 0.15) is 12.0 Å². The third-order valence-corrected chi connectivity index (χ3v) is 3.85. The van der Waals surface area contributed by atoms with Crippen LogP contribution in [0.25, 0.3) is 11.5 Å². The average molecular weight is 333 g/mol. The fourth-order valence-corrected chi connectivity index (χ4v) is 1.99. The van der Waals surface area contributed by atoms with E-state index in [4.69, 9.17) is 19.6 Å². The number of carbonyl (C=O) groups excluding carboxylic acids is 1. The van der Waals surface area contributed by atoms with Crippen LogP contribution >= 0.6 is 0 Å². The highest BCUT2D eigenvalue weighted by atomic mass is 16.5. The molecule has 0 spiro atoms. The van der Waals surface area contributed by atoms with Crippen molar-refractivity contribution in [3.63, 3.8) is 0 Å². The van der Waals surface area contributed by atoms with E-state index in [0.717, 1.165) is 0 Å². The Morgan fingerprint density at radius 2 is 2.17 bits per heavy atom. The molecule has 2 unspecified atom stereocenters. The predicted octanol–water partition coefficient (Wildman–Crippen LogP) is 2.52. The molecule has 0 saturated carbocycles. The molecule has 130 valence electrons. The maximum Gasteiger partial charge on any atom is 0.360 e. The first kappa shape index (κ1) is 17.9. The molecule has 0 radical (unpaired) electrons. The van der Waals surface area contributed by atoms with Crippen molar-refractivity contribution < 1.29 is 18.7 Å². The second kappa shape index (κ2) is 8.44. The number of rotatable bonds is 8. The van der Waals surface area contributed by atoms with Gasteiger partial charge >= 0.3 is 5.97 Å². The largest absolute Gasteiger partial charge is 0.491 e. The van der Waals surface area contributed by atoms with Gasteiger partial charge in [0.05, 0.1) is 25.0 Å². The van der Waals surface area contributed by atoms with Crippen LogP contribution in [0.1, 0.15) is 31.3 Å². The number of pyridine rings is 1. The third kappa shape index (κ3) is 4.32. The van der Waals surface area contributed by atoms with Gasteiger partial charge in [-0.15, -0.1) is 0 Å². The van der Waals surface area contributed by atoms with E-state index < -0.39 is 5.97 Å². The summed E-state index contributed by atoms with van der Waals surface area (Å²) in [4.78, 5) is 19.9. The lowest BCUT2D eigenvalue weighted by Gasteiger charge is -2.19. The molecule has 2 aromatic rings. The van der Waals surface area contributed by atoms with Gasteiger partial charge in [-0.2, -0.15) is 0 Å². The van der Waals surface area contributed by atoms with Crippen LogP contribution in [0.3, 0.4) is 0 Å². The van der Waals surface area contributed by atoms with Crippen molar-refractivity contribution >= 4 is 5.97 Å². The summed E-state index contributed by atoms with van der Waals surface area (Å²) in [5, 5.41) is 0. The van der Waals surface area contributed by atoms with E-state index in [1.807, 2.05) is 0 Å². The molecule has 0 aliphatic carbocycles. The quantitative estimate of drug-likeness (QED) is 0.741. The van der Waals surface area contributed by atoms with Crippen LogP contribution in [-0.4, -0.2) is 35.7 Å². The van der Waals surface area contributed by atoms with Crippen molar-refractivity contribution in [1.82, 2.24) is 9.97 Å². The predicted molar refractivity (Wildman–Crippen MR) is 88.6 cm³/mol. The zero-order valence-corrected chi connectivity index (χ0v) is 14.2. The van der Waals surface area contributed by atoms with Crippen LogP contribution in [0.15, 0.2) is 29.1 Å². The normalized spacial score (nSPS) is 13.3. The molecule has 0 bridgehead atoms. The van der Waals surface area contributed by atoms with Crippen molar-refractivity contribution in [3.05, 3.63) is 30.4 Å². The van der Waals surface area contributed by atoms with Crippen LogP contribution in [0.5, 0.6) is 5.75 Å². The summed E-state index contributed by atoms with van der Waals surface area (Å²) in [5.74, 6) is 0.959. The van der Waals surface area contributed by atoms with E-state index in [9.17, 15) is 4.79 Å². The van der Waals surface area contributed by atoms with E-state index in [-0.39, 0.29) is 18.2 Å². The zero-order valence-electron chi connectivity index (χ0n) is 14.2. The molecule has 0 amide bonds. The van der Waals surface area contributed by atoms with Crippen LogP contribution < -0.4 is 10.5 Å². The standard InChI is InChI=1S/C17H23N3O4/c1-4-22-17(21)14-10-24-16(20-14)13-5-6-19-8-15(13)23-9-12(3)11(2)7-18/h5-6,8,10-12H,4,7,9,18H2,1-3H3. The van der Waals surface area contributed by atoms with Crippen LogP contribution in [0.2, 0.25) is 0 Å². The Morgan fingerprint density at radius 1 is 1.38 bits per heavy atom. The molecule has 2 rings (SSSR count). The van der Waals surface area contributed by atoms with E-state index >= 15 is 0 Å². The summed E-state index contributed by atoms with van der Waals surface area (Å²) >= 11 is 0. The van der Waals surface area contributed by atoms with E-state index in [1.54, 1.807) is 25.4 Å². The monoisotopic (exact) mass is 333 g/mol. The number of hydrogen-bond donors (Lipinski definition) is 1. The van der Waals surface area contributed by atoms with Crippen LogP contribution in [0, 0.1) is 11.8 Å². The second-order valence-corrected chi connectivity index (χ2v) is 5.63. The lowest BCUT2D eigenvalue weighted by Crippen LogP contribution is -2.23. The summed E-state index contributed by atoms with van der Waals surface area (Å²) < 4.78 is 16.2. The van der Waals surface area contributed by atoms with Crippen molar-refractivity contribution in [1.29, 1.82) is 0 Å². The van der Waals surface area contributed by atoms with Crippen molar-refractivity contribution in [3.8, 4) is 17.2 Å². The summed E-state index contributed by atoms with van der Waals surface area (Å²) in [6.07, 6.45) is 4.49. The molecule has 2 atom stereocenters. The third-order valence-electron chi connectivity index (χ3n) is 3.85. The minimum absolute atomic E-state index is 0.125. The van der Waals surface area contributed by atoms with Gasteiger partial charge in [0.15, 0.2) is 5.69 Å². The molecule has 0 aliphatic rings. The topological polar surface area (TPSA) is 100 Å². The molecule has 2 N–H and O–H groups in total. The fourth-order valence-electron chi connectivity index (χ4n) is 1.99. The lowest BCUT2D eigenvalue weighted by molar-refractivity contribution is 0.0519. The van der Waals surface area contributed by atoms with Gasteiger partial charge in [0, 0.05) is 6.20 Å². The number of oxazole rings is 1. The number of nitrogens with two attached hydrogens (primary N) is 1. The minimum atomic E-state index is -0.519. The Balaban J connectivity index is 2.15. The first-order chi connectivity index (χ1) is 11.6. The van der Waals surface area contributed by atoms with Gasteiger partial charge < -0.3 is 19.6 Å². The smallest absolute Gasteiger partial charge is 0.360 e. The van der Waals surface area contributed by atoms with Crippen molar-refractivity contribution in [2.45, 2.75) is 20.8 Å². The van der Waals surface area contributed by atoms with Crippen molar-refractivity contribution in [2.75, 3.05) is 19.8 Å². The molecule has 2 aromatic heterocycles. The lowest BCUT2D eigenvalue weighted by atomic mass is 9.97. The Kier molecular flexibility index (Phi) is 6.31. The van der Waals surface area contributed by atoms with Gasteiger partial charge in [0.25, 0.3) is 0 Å². The SMILES string of the molecule is CCOC(=O)c1coc(-c2ccncc2OCC(C)C(C)CN)n1. The van der Waals surface area contributed by atoms with Gasteiger partial charge in [-0.1, -0.05) is 13.8 Å². The number of esters is 1. The second-order valence-electron chi connectivity index (χ2n) is 5.63. The molecule has 7 nitrogen and oxygen atoms in total. The molecule has 0 aromatic carbocycles. The maximum atomic E-state index is 11.7. The molecule has 7 heteroatoms. The molecule has 0 aliphatic heterocycles. The molecule has 0 saturated heterocycles. The number of aromatic nitrogens is 2. The summed E-state index contributed by atoms with van der Waals surface area (Å²) in [6.45, 7) is 7.28. The van der Waals surface area contributed by atoms with Gasteiger partial charge in [-0.25, -0.2) is 9.78 Å². The summed E-state index contributed by atoms with van der Waals surface area (Å²) in [6, 6.07) is 1.73. The minimum Gasteiger partial charge on any atom is -0.491 e. The number of hydrogen-bond acceptors (Lipinski definition) is 7. The highest BCUT2D eigenvalue weighted by Gasteiger charge is 2.18. The van der Waals surface area contributed by atoms with Crippen molar-refractivity contribution in [2.24, 2.45) is 17.6 Å². The first-order valence-corrected chi connectivity index (χ1v) is 7.96. The Hall–Kier alpha value is -2.41. The molecule has 0 fully saturated rings. The Morgan fingerprint density at radius 3 is 2.88 bits per heavy atom. The molecular formula is C17H23N3O4.